The van der Waals surface area contributed by atoms with Gasteiger partial charge in [0.1, 0.15) is 6.54 Å². The molecule has 232 valence electrons. The first-order valence-electron chi connectivity index (χ1n) is 13.4. The third kappa shape index (κ3) is 7.28. The fourth-order valence-corrected chi connectivity index (χ4v) is 7.06. The van der Waals surface area contributed by atoms with Crippen LogP contribution in [0.3, 0.4) is 0 Å². The molecule has 0 atom stereocenters. The molecule has 44 heavy (non-hydrogen) atoms. The number of oxazole rings is 1. The molecule has 0 saturated heterocycles. The van der Waals surface area contributed by atoms with Gasteiger partial charge in [0.2, 0.25) is 5.58 Å². The third-order valence-electron chi connectivity index (χ3n) is 6.87. The number of hydrogen-bond donors (Lipinski definition) is 1. The summed E-state index contributed by atoms with van der Waals surface area (Å²) in [7, 11) is -7.70. The SMILES string of the molecule is CCC(=Cc1oc2ccc3ccccc3c2[n+]1CCCS(=O)(=O)[O-])C=C1Sc2ccc(Cl)cc2N1CC(=O)NS(=O)(=O)OC. The molecule has 15 heteroatoms. The Kier molecular flexibility index (Phi) is 9.39. The van der Waals surface area contributed by atoms with E-state index in [0.29, 0.717) is 33.6 Å². The van der Waals surface area contributed by atoms with Gasteiger partial charge in [-0.05, 0) is 53.8 Å². The second-order valence-electron chi connectivity index (χ2n) is 9.84. The van der Waals surface area contributed by atoms with Crippen LogP contribution in [0, 0.1) is 0 Å². The summed E-state index contributed by atoms with van der Waals surface area (Å²) < 4.78 is 72.1. The van der Waals surface area contributed by atoms with Crippen LogP contribution in [0.15, 0.2) is 80.6 Å². The van der Waals surface area contributed by atoms with Crippen molar-refractivity contribution in [3.8, 4) is 0 Å². The van der Waals surface area contributed by atoms with Gasteiger partial charge >= 0.3 is 16.2 Å². The molecule has 4 aromatic rings. The zero-order chi connectivity index (χ0) is 31.6. The van der Waals surface area contributed by atoms with E-state index in [0.717, 1.165) is 33.9 Å². The first-order valence-corrected chi connectivity index (χ1v) is 17.6. The second-order valence-corrected chi connectivity index (χ2v) is 14.3. The minimum atomic E-state index is -4.40. The summed E-state index contributed by atoms with van der Waals surface area (Å²) >= 11 is 7.64. The summed E-state index contributed by atoms with van der Waals surface area (Å²) in [6, 6.07) is 16.8. The van der Waals surface area contributed by atoms with Crippen molar-refractivity contribution in [1.82, 2.24) is 4.72 Å². The summed E-state index contributed by atoms with van der Waals surface area (Å²) in [5, 5.41) is 2.98. The lowest BCUT2D eigenvalue weighted by atomic mass is 10.1. The molecule has 0 saturated carbocycles. The summed E-state index contributed by atoms with van der Waals surface area (Å²) in [5.41, 5.74) is 2.81. The zero-order valence-corrected chi connectivity index (χ0v) is 26.9. The number of hydrogen-bond acceptors (Lipinski definition) is 10. The number of thioether (sulfide) groups is 1. The Hall–Kier alpha value is -3.40. The largest absolute Gasteiger partial charge is 0.748 e. The number of nitrogens with zero attached hydrogens (tertiary/aromatic N) is 2. The summed E-state index contributed by atoms with van der Waals surface area (Å²) in [6.07, 6.45) is 4.34. The van der Waals surface area contributed by atoms with Crippen LogP contribution in [0.1, 0.15) is 25.7 Å². The maximum absolute atomic E-state index is 12.7. The van der Waals surface area contributed by atoms with Crippen molar-refractivity contribution in [3.05, 3.63) is 82.2 Å². The molecule has 11 nitrogen and oxygen atoms in total. The average molecular weight is 678 g/mol. The summed E-state index contributed by atoms with van der Waals surface area (Å²) in [5.74, 6) is -0.866. The van der Waals surface area contributed by atoms with E-state index in [1.54, 1.807) is 17.0 Å². The Bertz CT molecular complexity index is 2040. The fourth-order valence-electron chi connectivity index (χ4n) is 4.87. The molecule has 0 bridgehead atoms. The van der Waals surface area contributed by atoms with E-state index in [1.807, 2.05) is 70.8 Å². The van der Waals surface area contributed by atoms with Crippen LogP contribution in [0.25, 0.3) is 27.9 Å². The maximum atomic E-state index is 12.7. The number of rotatable bonds is 11. The smallest absolute Gasteiger partial charge is 0.374 e. The number of aryl methyl sites for hydroxylation is 1. The molecule has 0 aliphatic carbocycles. The van der Waals surface area contributed by atoms with Gasteiger partial charge in [-0.15, -0.1) is 0 Å². The van der Waals surface area contributed by atoms with Crippen LogP contribution < -0.4 is 14.2 Å². The zero-order valence-electron chi connectivity index (χ0n) is 23.6. The second kappa shape index (κ2) is 12.9. The van der Waals surface area contributed by atoms with Crippen molar-refractivity contribution in [2.45, 2.75) is 31.2 Å². The Balaban J connectivity index is 1.57. The third-order valence-corrected chi connectivity index (χ3v) is 9.92. The van der Waals surface area contributed by atoms with Gasteiger partial charge in [-0.3, -0.25) is 8.98 Å². The van der Waals surface area contributed by atoms with Crippen molar-refractivity contribution >= 4 is 83.3 Å². The number of nitrogens with one attached hydrogen (secondary N) is 1. The minimum Gasteiger partial charge on any atom is -0.748 e. The van der Waals surface area contributed by atoms with E-state index in [9.17, 15) is 26.2 Å². The molecule has 3 aromatic carbocycles. The molecule has 1 aliphatic heterocycles. The van der Waals surface area contributed by atoms with E-state index in [-0.39, 0.29) is 19.5 Å². The van der Waals surface area contributed by atoms with Gasteiger partial charge in [0.05, 0.1) is 39.4 Å². The van der Waals surface area contributed by atoms with E-state index in [2.05, 4.69) is 4.18 Å². The number of fused-ring (bicyclic) bond motifs is 4. The van der Waals surface area contributed by atoms with Crippen molar-refractivity contribution in [2.24, 2.45) is 0 Å². The van der Waals surface area contributed by atoms with Crippen LogP contribution in [-0.4, -0.2) is 46.7 Å². The van der Waals surface area contributed by atoms with Crippen molar-refractivity contribution in [2.75, 3.05) is 24.3 Å². The lowest BCUT2D eigenvalue weighted by Crippen LogP contribution is -2.39. The van der Waals surface area contributed by atoms with Crippen LogP contribution in [0.4, 0.5) is 5.69 Å². The molecule has 1 aliphatic rings. The standard InChI is InChI=1S/C29H28ClN3O8S3/c1-3-19(16-28-33(18-26(34)31-44(38,39)40-2)23-17-21(30)10-12-25(23)42-28)15-27-32(13-6-14-43(35,36)37)29-22-8-5-4-7-20(22)9-11-24(29)41-27/h4-5,7-12,15-17H,3,6,13-14,18H2,1-2H3,(H-,31,34,35,36,37). The molecule has 2 heterocycles. The Morgan fingerprint density at radius 3 is 2.66 bits per heavy atom. The lowest BCUT2D eigenvalue weighted by Gasteiger charge is -2.20. The minimum absolute atomic E-state index is 0.0942. The molecular formula is C29H28ClN3O8S3. The van der Waals surface area contributed by atoms with Crippen molar-refractivity contribution in [1.29, 1.82) is 0 Å². The summed E-state index contributed by atoms with van der Waals surface area (Å²) in [6.45, 7) is 1.84. The van der Waals surface area contributed by atoms with Crippen LogP contribution >= 0.6 is 23.4 Å². The number of allylic oxidation sites excluding steroid dienone is 2. The topological polar surface area (TPSA) is 150 Å². The number of anilines is 1. The molecular weight excluding hydrogens is 650 g/mol. The monoisotopic (exact) mass is 677 g/mol. The van der Waals surface area contributed by atoms with Crippen molar-refractivity contribution < 1.29 is 39.4 Å². The van der Waals surface area contributed by atoms with Gasteiger partial charge in [0.25, 0.3) is 11.4 Å². The highest BCUT2D eigenvalue weighted by Crippen LogP contribution is 2.47. The van der Waals surface area contributed by atoms with Crippen molar-refractivity contribution in [3.63, 3.8) is 0 Å². The first kappa shape index (κ1) is 32.0. The molecule has 0 unspecified atom stereocenters. The van der Waals surface area contributed by atoms with E-state index < -0.39 is 32.1 Å². The summed E-state index contributed by atoms with van der Waals surface area (Å²) in [4.78, 5) is 15.2. The Labute approximate surface area is 264 Å². The highest BCUT2D eigenvalue weighted by atomic mass is 35.5. The highest BCUT2D eigenvalue weighted by molar-refractivity contribution is 8.03. The van der Waals surface area contributed by atoms with Gasteiger partial charge in [-0.1, -0.05) is 54.6 Å². The predicted octanol–water partition coefficient (Wildman–Crippen LogP) is 4.72. The van der Waals surface area contributed by atoms with Crippen LogP contribution in [0.2, 0.25) is 5.02 Å². The Morgan fingerprint density at radius 1 is 1.16 bits per heavy atom. The van der Waals surface area contributed by atoms with Crippen LogP contribution in [-0.2, 0) is 35.9 Å². The average Bonchev–Trinajstić information content (AvgIpc) is 3.48. The van der Waals surface area contributed by atoms with E-state index in [4.69, 9.17) is 16.0 Å². The molecule has 1 aromatic heterocycles. The number of aromatic nitrogens is 1. The molecule has 0 fully saturated rings. The maximum Gasteiger partial charge on any atom is 0.374 e. The van der Waals surface area contributed by atoms with Crippen LogP contribution in [0.5, 0.6) is 0 Å². The van der Waals surface area contributed by atoms with E-state index in [1.165, 1.54) is 11.8 Å². The quantitative estimate of drug-likeness (QED) is 0.175. The van der Waals surface area contributed by atoms with Gasteiger partial charge in [0.15, 0.2) is 6.54 Å². The normalized spacial score (nSPS) is 15.0. The van der Waals surface area contributed by atoms with E-state index >= 15 is 0 Å². The van der Waals surface area contributed by atoms with Gasteiger partial charge < -0.3 is 13.9 Å². The number of amides is 1. The Morgan fingerprint density at radius 2 is 1.93 bits per heavy atom. The molecule has 0 radical (unpaired) electrons. The fraction of sp³-hybridized carbons (Fsp3) is 0.241. The highest BCUT2D eigenvalue weighted by Gasteiger charge is 2.29. The lowest BCUT2D eigenvalue weighted by molar-refractivity contribution is -0.677. The molecule has 1 N–H and O–H groups in total. The number of carbonyl (C=O) groups excluding carboxylic acids is 1. The number of benzene rings is 3. The van der Waals surface area contributed by atoms with Gasteiger partial charge in [-0.2, -0.15) is 13.0 Å². The first-order chi connectivity index (χ1) is 20.9. The number of carbonyl (C=O) groups is 1. The predicted molar refractivity (Wildman–Crippen MR) is 168 cm³/mol. The van der Waals surface area contributed by atoms with Gasteiger partial charge in [-0.25, -0.2) is 13.1 Å². The molecule has 1 amide bonds. The molecule has 5 rings (SSSR count). The number of halogens is 1. The molecule has 0 spiro atoms. The van der Waals surface area contributed by atoms with Gasteiger partial charge in [0, 0.05) is 22.1 Å².